The molecule has 2 aromatic carbocycles. The van der Waals surface area contributed by atoms with E-state index in [1.54, 1.807) is 12.1 Å². The van der Waals surface area contributed by atoms with E-state index in [1.807, 2.05) is 12.1 Å². The Labute approximate surface area is 118 Å². The Morgan fingerprint density at radius 1 is 1.00 bits per heavy atom. The number of carboxylic acid groups (broad SMARTS) is 1. The standard InChI is InChI=1S/C17H17NO2/c19-17(20)15-7-5-13(6-8-15)12-1-3-14(4-2-12)16-9-10-18-11-16/h1-8,16,18H,9-11H2,(H,19,20). The van der Waals surface area contributed by atoms with Crippen molar-refractivity contribution < 1.29 is 9.90 Å². The highest BCUT2D eigenvalue weighted by Gasteiger charge is 2.16. The van der Waals surface area contributed by atoms with Crippen LogP contribution < -0.4 is 5.32 Å². The normalized spacial score (nSPS) is 18.1. The molecule has 102 valence electrons. The molecule has 0 bridgehead atoms. The van der Waals surface area contributed by atoms with Gasteiger partial charge in [0, 0.05) is 6.54 Å². The summed E-state index contributed by atoms with van der Waals surface area (Å²) >= 11 is 0. The van der Waals surface area contributed by atoms with Crippen LogP contribution in [0.2, 0.25) is 0 Å². The lowest BCUT2D eigenvalue weighted by atomic mass is 9.95. The number of hydrogen-bond acceptors (Lipinski definition) is 2. The summed E-state index contributed by atoms with van der Waals surface area (Å²) in [5.74, 6) is -0.265. The highest BCUT2D eigenvalue weighted by atomic mass is 16.4. The summed E-state index contributed by atoms with van der Waals surface area (Å²) in [7, 11) is 0. The lowest BCUT2D eigenvalue weighted by Gasteiger charge is -2.10. The number of rotatable bonds is 3. The third-order valence-corrected chi connectivity index (χ3v) is 3.91. The van der Waals surface area contributed by atoms with Gasteiger partial charge in [0.05, 0.1) is 5.56 Å². The Morgan fingerprint density at radius 3 is 2.10 bits per heavy atom. The molecule has 0 saturated carbocycles. The zero-order valence-corrected chi connectivity index (χ0v) is 11.2. The van der Waals surface area contributed by atoms with Crippen molar-refractivity contribution in [2.24, 2.45) is 0 Å². The van der Waals surface area contributed by atoms with Gasteiger partial charge in [0.2, 0.25) is 0 Å². The van der Waals surface area contributed by atoms with Crippen molar-refractivity contribution in [1.82, 2.24) is 5.32 Å². The molecule has 20 heavy (non-hydrogen) atoms. The maximum absolute atomic E-state index is 10.8. The highest BCUT2D eigenvalue weighted by Crippen LogP contribution is 2.26. The van der Waals surface area contributed by atoms with E-state index in [4.69, 9.17) is 5.11 Å². The Morgan fingerprint density at radius 2 is 1.60 bits per heavy atom. The van der Waals surface area contributed by atoms with Crippen LogP contribution in [-0.4, -0.2) is 24.2 Å². The van der Waals surface area contributed by atoms with E-state index < -0.39 is 5.97 Å². The first-order chi connectivity index (χ1) is 9.74. The van der Waals surface area contributed by atoms with Crippen LogP contribution in [0.5, 0.6) is 0 Å². The molecule has 3 heteroatoms. The molecule has 1 heterocycles. The number of nitrogens with one attached hydrogen (secondary N) is 1. The quantitative estimate of drug-likeness (QED) is 0.898. The molecule has 1 aliphatic rings. The molecule has 1 aliphatic heterocycles. The number of carboxylic acids is 1. The Kier molecular flexibility index (Phi) is 3.52. The van der Waals surface area contributed by atoms with Crippen molar-refractivity contribution in [2.75, 3.05) is 13.1 Å². The van der Waals surface area contributed by atoms with Gasteiger partial charge in [0.15, 0.2) is 0 Å². The van der Waals surface area contributed by atoms with Crippen LogP contribution >= 0.6 is 0 Å². The molecular weight excluding hydrogens is 250 g/mol. The molecule has 2 aromatic rings. The average molecular weight is 267 g/mol. The zero-order valence-electron chi connectivity index (χ0n) is 11.2. The van der Waals surface area contributed by atoms with Crippen molar-refractivity contribution >= 4 is 5.97 Å². The van der Waals surface area contributed by atoms with Gasteiger partial charge in [-0.15, -0.1) is 0 Å². The van der Waals surface area contributed by atoms with Gasteiger partial charge in [0.25, 0.3) is 0 Å². The minimum absolute atomic E-state index is 0.322. The van der Waals surface area contributed by atoms with Crippen molar-refractivity contribution in [3.8, 4) is 11.1 Å². The fourth-order valence-electron chi connectivity index (χ4n) is 2.69. The summed E-state index contributed by atoms with van der Waals surface area (Å²) in [6.07, 6.45) is 1.20. The average Bonchev–Trinajstić information content (AvgIpc) is 3.02. The van der Waals surface area contributed by atoms with E-state index in [2.05, 4.69) is 29.6 Å². The van der Waals surface area contributed by atoms with Crippen LogP contribution in [0.25, 0.3) is 11.1 Å². The van der Waals surface area contributed by atoms with Crippen LogP contribution in [0.15, 0.2) is 48.5 Å². The molecule has 0 aliphatic carbocycles. The second-order valence-corrected chi connectivity index (χ2v) is 5.19. The minimum Gasteiger partial charge on any atom is -0.478 e. The monoisotopic (exact) mass is 267 g/mol. The summed E-state index contributed by atoms with van der Waals surface area (Å²) in [4.78, 5) is 10.8. The lowest BCUT2D eigenvalue weighted by Crippen LogP contribution is -2.07. The third kappa shape index (κ3) is 2.58. The molecule has 1 fully saturated rings. The van der Waals surface area contributed by atoms with Crippen molar-refractivity contribution in [2.45, 2.75) is 12.3 Å². The first kappa shape index (κ1) is 12.9. The van der Waals surface area contributed by atoms with Gasteiger partial charge in [-0.3, -0.25) is 0 Å². The van der Waals surface area contributed by atoms with Gasteiger partial charge in [-0.2, -0.15) is 0 Å². The maximum atomic E-state index is 10.8. The number of aromatic carboxylic acids is 1. The molecule has 0 spiro atoms. The van der Waals surface area contributed by atoms with Gasteiger partial charge in [-0.05, 0) is 47.7 Å². The summed E-state index contributed by atoms with van der Waals surface area (Å²) in [6, 6.07) is 15.6. The molecular formula is C17H17NO2. The zero-order chi connectivity index (χ0) is 13.9. The number of carbonyl (C=O) groups is 1. The summed E-state index contributed by atoms with van der Waals surface area (Å²) in [6.45, 7) is 2.16. The lowest BCUT2D eigenvalue weighted by molar-refractivity contribution is 0.0697. The highest BCUT2D eigenvalue weighted by molar-refractivity contribution is 5.88. The van der Waals surface area contributed by atoms with Crippen LogP contribution in [0.1, 0.15) is 28.3 Å². The van der Waals surface area contributed by atoms with Gasteiger partial charge in [-0.25, -0.2) is 4.79 Å². The Balaban J connectivity index is 1.81. The fraction of sp³-hybridized carbons (Fsp3) is 0.235. The predicted octanol–water partition coefficient (Wildman–Crippen LogP) is 3.13. The predicted molar refractivity (Wildman–Crippen MR) is 79.1 cm³/mol. The van der Waals surface area contributed by atoms with Gasteiger partial charge in [-0.1, -0.05) is 36.4 Å². The van der Waals surface area contributed by atoms with Crippen molar-refractivity contribution in [3.63, 3.8) is 0 Å². The van der Waals surface area contributed by atoms with Crippen LogP contribution in [-0.2, 0) is 0 Å². The second kappa shape index (κ2) is 5.47. The van der Waals surface area contributed by atoms with E-state index in [1.165, 1.54) is 12.0 Å². The summed E-state index contributed by atoms with van der Waals surface area (Å²) in [5.41, 5.74) is 3.87. The first-order valence-electron chi connectivity index (χ1n) is 6.88. The molecule has 1 unspecified atom stereocenters. The van der Waals surface area contributed by atoms with E-state index in [0.29, 0.717) is 11.5 Å². The molecule has 0 amide bonds. The van der Waals surface area contributed by atoms with Gasteiger partial charge >= 0.3 is 5.97 Å². The molecule has 1 saturated heterocycles. The summed E-state index contributed by atoms with van der Waals surface area (Å²) < 4.78 is 0. The topological polar surface area (TPSA) is 49.3 Å². The molecule has 3 rings (SSSR count). The SMILES string of the molecule is O=C(O)c1ccc(-c2ccc(C3CCNC3)cc2)cc1. The molecule has 1 atom stereocenters. The third-order valence-electron chi connectivity index (χ3n) is 3.91. The van der Waals surface area contributed by atoms with Gasteiger partial charge < -0.3 is 10.4 Å². The molecule has 2 N–H and O–H groups in total. The van der Waals surface area contributed by atoms with E-state index in [9.17, 15) is 4.79 Å². The first-order valence-corrected chi connectivity index (χ1v) is 6.88. The summed E-state index contributed by atoms with van der Waals surface area (Å²) in [5, 5.41) is 12.3. The number of benzene rings is 2. The van der Waals surface area contributed by atoms with Crippen molar-refractivity contribution in [3.05, 3.63) is 59.7 Å². The second-order valence-electron chi connectivity index (χ2n) is 5.19. The van der Waals surface area contributed by atoms with Crippen LogP contribution in [0.4, 0.5) is 0 Å². The molecule has 3 nitrogen and oxygen atoms in total. The molecule has 0 radical (unpaired) electrons. The smallest absolute Gasteiger partial charge is 0.335 e. The fourth-order valence-corrected chi connectivity index (χ4v) is 2.69. The van der Waals surface area contributed by atoms with Crippen LogP contribution in [0, 0.1) is 0 Å². The Hall–Kier alpha value is -2.13. The Bertz CT molecular complexity index is 596. The van der Waals surface area contributed by atoms with E-state index in [-0.39, 0.29) is 0 Å². The van der Waals surface area contributed by atoms with E-state index in [0.717, 1.165) is 24.2 Å². The maximum Gasteiger partial charge on any atom is 0.335 e. The van der Waals surface area contributed by atoms with Crippen LogP contribution in [0.3, 0.4) is 0 Å². The van der Waals surface area contributed by atoms with Crippen molar-refractivity contribution in [1.29, 1.82) is 0 Å². The van der Waals surface area contributed by atoms with E-state index >= 15 is 0 Å². The molecule has 0 aromatic heterocycles. The van der Waals surface area contributed by atoms with Gasteiger partial charge in [0.1, 0.15) is 0 Å². The largest absolute Gasteiger partial charge is 0.478 e. The number of hydrogen-bond donors (Lipinski definition) is 2. The minimum atomic E-state index is -0.888.